The van der Waals surface area contributed by atoms with Gasteiger partial charge in [0.15, 0.2) is 0 Å². The van der Waals surface area contributed by atoms with Gasteiger partial charge in [-0.3, -0.25) is 4.79 Å². The van der Waals surface area contributed by atoms with Crippen LogP contribution < -0.4 is 5.32 Å². The smallest absolute Gasteiger partial charge is 0.224 e. The number of carbonyl (C=O) groups is 1. The molecular formula is C20H35NO2. The molecule has 1 aliphatic carbocycles. The topological polar surface area (TPSA) is 38.3 Å². The van der Waals surface area contributed by atoms with Gasteiger partial charge in [-0.2, -0.15) is 0 Å². The molecule has 23 heavy (non-hydrogen) atoms. The lowest BCUT2D eigenvalue weighted by molar-refractivity contribution is -0.125. The van der Waals surface area contributed by atoms with Gasteiger partial charge in [-0.1, -0.05) is 46.3 Å². The molecule has 0 aromatic rings. The summed E-state index contributed by atoms with van der Waals surface area (Å²) >= 11 is 0. The van der Waals surface area contributed by atoms with Gasteiger partial charge >= 0.3 is 0 Å². The number of hydrogen-bond acceptors (Lipinski definition) is 2. The van der Waals surface area contributed by atoms with E-state index < -0.39 is 0 Å². The van der Waals surface area contributed by atoms with Crippen molar-refractivity contribution in [1.29, 1.82) is 0 Å². The van der Waals surface area contributed by atoms with Crippen molar-refractivity contribution in [2.24, 2.45) is 28.6 Å². The average Bonchev–Trinajstić information content (AvgIpc) is 2.95. The molecule has 0 aromatic heterocycles. The molecular weight excluding hydrogens is 286 g/mol. The van der Waals surface area contributed by atoms with Crippen LogP contribution in [0.2, 0.25) is 0 Å². The molecule has 0 aromatic carbocycles. The number of hydrogen-bond donors (Lipinski definition) is 1. The summed E-state index contributed by atoms with van der Waals surface area (Å²) in [7, 11) is 0. The summed E-state index contributed by atoms with van der Waals surface area (Å²) in [6.45, 7) is 16.9. The van der Waals surface area contributed by atoms with Crippen LogP contribution in [0.4, 0.5) is 0 Å². The van der Waals surface area contributed by atoms with E-state index in [1.165, 1.54) is 5.57 Å². The standard InChI is InChI=1S/C20H35NO2/c1-13(2)11-15-16(20(15,6)7)18(22)21-12-14-9-8-10-23-17(14)19(3,4)5/h11,14-17H,8-10,12H2,1-7H3,(H,21,22)/t14-,15+,16+,17+/m0/s1. The maximum Gasteiger partial charge on any atom is 0.224 e. The first kappa shape index (κ1) is 18.5. The minimum atomic E-state index is 0.0911. The number of ether oxygens (including phenoxy) is 1. The summed E-state index contributed by atoms with van der Waals surface area (Å²) in [6.07, 6.45) is 4.74. The van der Waals surface area contributed by atoms with Crippen LogP contribution in [0.15, 0.2) is 11.6 Å². The second-order valence-electron chi connectivity index (χ2n) is 9.37. The molecule has 2 rings (SSSR count). The van der Waals surface area contributed by atoms with E-state index in [4.69, 9.17) is 4.74 Å². The zero-order valence-corrected chi connectivity index (χ0v) is 16.0. The second kappa shape index (κ2) is 6.58. The number of nitrogens with one attached hydrogen (secondary N) is 1. The SMILES string of the molecule is CC(C)=C[C@@H]1[C@H](C(=O)NC[C@@H]2CCCO[C@H]2C(C)(C)C)C1(C)C. The largest absolute Gasteiger partial charge is 0.377 e. The van der Waals surface area contributed by atoms with Crippen molar-refractivity contribution >= 4 is 5.91 Å². The second-order valence-corrected chi connectivity index (χ2v) is 9.37. The average molecular weight is 322 g/mol. The Balaban J connectivity index is 1.93. The molecule has 1 N–H and O–H groups in total. The van der Waals surface area contributed by atoms with Crippen LogP contribution in [0.3, 0.4) is 0 Å². The predicted octanol–water partition coefficient (Wildman–Crippen LogP) is 4.18. The molecule has 1 heterocycles. The van der Waals surface area contributed by atoms with E-state index in [1.54, 1.807) is 0 Å². The Morgan fingerprint density at radius 2 is 1.96 bits per heavy atom. The first-order valence-corrected chi connectivity index (χ1v) is 9.09. The molecule has 0 radical (unpaired) electrons. The van der Waals surface area contributed by atoms with Crippen LogP contribution in [0, 0.1) is 28.6 Å². The molecule has 3 heteroatoms. The lowest BCUT2D eigenvalue weighted by atomic mass is 9.78. The van der Waals surface area contributed by atoms with Crippen molar-refractivity contribution in [3.8, 4) is 0 Å². The van der Waals surface area contributed by atoms with Crippen LogP contribution in [0.5, 0.6) is 0 Å². The van der Waals surface area contributed by atoms with Crippen molar-refractivity contribution in [1.82, 2.24) is 5.32 Å². The summed E-state index contributed by atoms with van der Waals surface area (Å²) in [5.74, 6) is 1.15. The fourth-order valence-electron chi connectivity index (χ4n) is 4.20. The van der Waals surface area contributed by atoms with Crippen LogP contribution in [0.1, 0.15) is 61.3 Å². The highest BCUT2D eigenvalue weighted by Gasteiger charge is 2.60. The molecule has 4 atom stereocenters. The van der Waals surface area contributed by atoms with Crippen molar-refractivity contribution in [2.75, 3.05) is 13.2 Å². The highest BCUT2D eigenvalue weighted by Crippen LogP contribution is 2.59. The minimum Gasteiger partial charge on any atom is -0.377 e. The fourth-order valence-corrected chi connectivity index (χ4v) is 4.20. The van der Waals surface area contributed by atoms with Gasteiger partial charge in [0.1, 0.15) is 0 Å². The monoisotopic (exact) mass is 321 g/mol. The van der Waals surface area contributed by atoms with Crippen LogP contribution in [-0.2, 0) is 9.53 Å². The Hall–Kier alpha value is -0.830. The minimum absolute atomic E-state index is 0.0911. The highest BCUT2D eigenvalue weighted by atomic mass is 16.5. The quantitative estimate of drug-likeness (QED) is 0.789. The first-order valence-electron chi connectivity index (χ1n) is 9.09. The molecule has 1 amide bonds. The zero-order valence-electron chi connectivity index (χ0n) is 16.0. The van der Waals surface area contributed by atoms with Crippen molar-refractivity contribution < 1.29 is 9.53 Å². The summed E-state index contributed by atoms with van der Waals surface area (Å²) in [4.78, 5) is 12.6. The Labute approximate surface area is 142 Å². The molecule has 0 spiro atoms. The van der Waals surface area contributed by atoms with E-state index >= 15 is 0 Å². The molecule has 132 valence electrons. The van der Waals surface area contributed by atoms with E-state index in [1.807, 2.05) is 0 Å². The zero-order chi connectivity index (χ0) is 17.4. The van der Waals surface area contributed by atoms with Crippen LogP contribution in [-0.4, -0.2) is 25.2 Å². The summed E-state index contributed by atoms with van der Waals surface area (Å²) in [5, 5.41) is 3.23. The fraction of sp³-hybridized carbons (Fsp3) is 0.850. The summed E-state index contributed by atoms with van der Waals surface area (Å²) in [6, 6.07) is 0. The normalized spacial score (nSPS) is 33.0. The third-order valence-electron chi connectivity index (χ3n) is 5.54. The van der Waals surface area contributed by atoms with E-state index in [0.29, 0.717) is 11.8 Å². The highest BCUT2D eigenvalue weighted by molar-refractivity contribution is 5.83. The number of rotatable bonds is 4. The van der Waals surface area contributed by atoms with E-state index in [9.17, 15) is 4.79 Å². The number of carbonyl (C=O) groups excluding carboxylic acids is 1. The Kier molecular flexibility index (Phi) is 5.30. The van der Waals surface area contributed by atoms with Crippen molar-refractivity contribution in [3.63, 3.8) is 0 Å². The van der Waals surface area contributed by atoms with E-state index in [2.05, 4.69) is 59.9 Å². The van der Waals surface area contributed by atoms with Gasteiger partial charge in [-0.05, 0) is 43.4 Å². The Bertz CT molecular complexity index is 469. The third kappa shape index (κ3) is 4.17. The molecule has 1 saturated heterocycles. The Morgan fingerprint density at radius 1 is 1.30 bits per heavy atom. The molecule has 3 nitrogen and oxygen atoms in total. The lowest BCUT2D eigenvalue weighted by Crippen LogP contribution is -2.45. The van der Waals surface area contributed by atoms with Gasteiger partial charge in [0.2, 0.25) is 5.91 Å². The first-order chi connectivity index (χ1) is 10.5. The van der Waals surface area contributed by atoms with Gasteiger partial charge in [0, 0.05) is 19.1 Å². The number of allylic oxidation sites excluding steroid dienone is 2. The molecule has 0 unspecified atom stereocenters. The van der Waals surface area contributed by atoms with Gasteiger partial charge in [-0.25, -0.2) is 0 Å². The lowest BCUT2D eigenvalue weighted by Gasteiger charge is -2.40. The molecule has 1 saturated carbocycles. The van der Waals surface area contributed by atoms with Crippen LogP contribution >= 0.6 is 0 Å². The van der Waals surface area contributed by atoms with Gasteiger partial charge < -0.3 is 10.1 Å². The van der Waals surface area contributed by atoms with E-state index in [-0.39, 0.29) is 28.8 Å². The predicted molar refractivity (Wildman–Crippen MR) is 95.1 cm³/mol. The molecule has 1 aliphatic heterocycles. The van der Waals surface area contributed by atoms with Gasteiger partial charge in [-0.15, -0.1) is 0 Å². The van der Waals surface area contributed by atoms with Crippen LogP contribution in [0.25, 0.3) is 0 Å². The van der Waals surface area contributed by atoms with Gasteiger partial charge in [0.25, 0.3) is 0 Å². The maximum absolute atomic E-state index is 12.6. The maximum atomic E-state index is 12.6. The molecule has 0 bridgehead atoms. The van der Waals surface area contributed by atoms with Crippen molar-refractivity contribution in [3.05, 3.63) is 11.6 Å². The summed E-state index contributed by atoms with van der Waals surface area (Å²) < 4.78 is 6.02. The number of amides is 1. The van der Waals surface area contributed by atoms with Crippen molar-refractivity contribution in [2.45, 2.75) is 67.4 Å². The molecule has 2 aliphatic rings. The van der Waals surface area contributed by atoms with Gasteiger partial charge in [0.05, 0.1) is 12.0 Å². The molecule has 2 fully saturated rings. The Morgan fingerprint density at radius 3 is 2.52 bits per heavy atom. The van der Waals surface area contributed by atoms with E-state index in [0.717, 1.165) is 26.0 Å². The summed E-state index contributed by atoms with van der Waals surface area (Å²) in [5.41, 5.74) is 1.51. The third-order valence-corrected chi connectivity index (χ3v) is 5.54.